The number of nitrogens with zero attached hydrogens (tertiary/aromatic N) is 2. The number of hydrogen-bond donors (Lipinski definition) is 1. The van der Waals surface area contributed by atoms with Crippen LogP contribution in [0.25, 0.3) is 0 Å². The van der Waals surface area contributed by atoms with Gasteiger partial charge in [0.15, 0.2) is 0 Å². The van der Waals surface area contributed by atoms with Crippen molar-refractivity contribution < 1.29 is 5.21 Å². The van der Waals surface area contributed by atoms with Gasteiger partial charge in [-0.3, -0.25) is 4.99 Å². The fraction of sp³-hybridized carbons (Fsp3) is 0.0667. The summed E-state index contributed by atoms with van der Waals surface area (Å²) in [7, 11) is 0. The molecule has 0 unspecified atom stereocenters. The topological polar surface area (TPSA) is 45.0 Å². The Labute approximate surface area is 106 Å². The minimum absolute atomic E-state index is 0.552. The van der Waals surface area contributed by atoms with E-state index in [9.17, 15) is 0 Å². The third-order valence-corrected chi connectivity index (χ3v) is 2.60. The summed E-state index contributed by atoms with van der Waals surface area (Å²) >= 11 is 0. The predicted molar refractivity (Wildman–Crippen MR) is 74.1 cm³/mol. The number of aliphatic imine (C=N–C) groups is 1. The van der Waals surface area contributed by atoms with Crippen LogP contribution in [0.4, 0.5) is 5.69 Å². The van der Waals surface area contributed by atoms with Crippen LogP contribution in [0.2, 0.25) is 0 Å². The summed E-state index contributed by atoms with van der Waals surface area (Å²) < 4.78 is 0. The van der Waals surface area contributed by atoms with Gasteiger partial charge in [0, 0.05) is 11.8 Å². The van der Waals surface area contributed by atoms with E-state index in [-0.39, 0.29) is 0 Å². The molecule has 0 saturated carbocycles. The lowest BCUT2D eigenvalue weighted by atomic mass is 10.1. The molecule has 0 aromatic heterocycles. The van der Waals surface area contributed by atoms with Crippen molar-refractivity contribution in [3.8, 4) is 0 Å². The molecule has 0 spiro atoms. The Bertz CT molecular complexity index is 574. The highest BCUT2D eigenvalue weighted by molar-refractivity contribution is 6.03. The molecule has 2 aromatic carbocycles. The summed E-state index contributed by atoms with van der Waals surface area (Å²) in [6.07, 6.45) is 1.80. The van der Waals surface area contributed by atoms with E-state index in [0.717, 1.165) is 16.8 Å². The van der Waals surface area contributed by atoms with Gasteiger partial charge in [-0.2, -0.15) is 0 Å². The fourth-order valence-corrected chi connectivity index (χ4v) is 1.63. The van der Waals surface area contributed by atoms with Crippen LogP contribution in [0, 0.1) is 0 Å². The van der Waals surface area contributed by atoms with Gasteiger partial charge in [-0.1, -0.05) is 53.7 Å². The molecule has 0 aliphatic carbocycles. The molecule has 0 aliphatic heterocycles. The highest BCUT2D eigenvalue weighted by Crippen LogP contribution is 2.19. The van der Waals surface area contributed by atoms with Crippen molar-refractivity contribution in [1.82, 2.24) is 0 Å². The molecule has 0 aliphatic rings. The second-order valence-corrected chi connectivity index (χ2v) is 3.87. The van der Waals surface area contributed by atoms with Crippen LogP contribution in [0.3, 0.4) is 0 Å². The van der Waals surface area contributed by atoms with Crippen LogP contribution in [0.1, 0.15) is 18.1 Å². The Balaban J connectivity index is 2.33. The minimum atomic E-state index is 0.552. The molecule has 0 amide bonds. The third-order valence-electron chi connectivity index (χ3n) is 2.60. The second kappa shape index (κ2) is 5.77. The highest BCUT2D eigenvalue weighted by atomic mass is 16.4. The first-order valence-corrected chi connectivity index (χ1v) is 5.68. The molecule has 90 valence electrons. The molecule has 0 fully saturated rings. The van der Waals surface area contributed by atoms with E-state index in [1.54, 1.807) is 13.1 Å². The quantitative estimate of drug-likeness (QED) is 0.495. The van der Waals surface area contributed by atoms with Crippen molar-refractivity contribution in [1.29, 1.82) is 0 Å². The van der Waals surface area contributed by atoms with Crippen molar-refractivity contribution in [2.45, 2.75) is 6.92 Å². The molecule has 3 nitrogen and oxygen atoms in total. The summed E-state index contributed by atoms with van der Waals surface area (Å²) in [4.78, 5) is 4.43. The Hall–Kier alpha value is -2.42. The molecule has 2 aromatic rings. The lowest BCUT2D eigenvalue weighted by Crippen LogP contribution is -1.94. The SMILES string of the molecule is C/C(=N\O)c1ccccc1N=Cc1ccccc1. The molecule has 0 radical (unpaired) electrons. The molecule has 0 heterocycles. The van der Waals surface area contributed by atoms with Crippen LogP contribution in [-0.4, -0.2) is 17.1 Å². The number of rotatable bonds is 3. The van der Waals surface area contributed by atoms with Gasteiger partial charge in [0.05, 0.1) is 11.4 Å². The normalized spacial score (nSPS) is 11.9. The average Bonchev–Trinajstić information content (AvgIpc) is 2.45. The summed E-state index contributed by atoms with van der Waals surface area (Å²) in [5.74, 6) is 0. The Kier molecular flexibility index (Phi) is 3.86. The van der Waals surface area contributed by atoms with E-state index in [0.29, 0.717) is 5.71 Å². The van der Waals surface area contributed by atoms with Crippen molar-refractivity contribution >= 4 is 17.6 Å². The predicted octanol–water partition coefficient (Wildman–Crippen LogP) is 3.64. The number of oxime groups is 1. The van der Waals surface area contributed by atoms with Crippen molar-refractivity contribution in [2.24, 2.45) is 10.1 Å². The molecule has 0 saturated heterocycles. The molecule has 1 N–H and O–H groups in total. The van der Waals surface area contributed by atoms with Gasteiger partial charge in [0.2, 0.25) is 0 Å². The maximum absolute atomic E-state index is 8.83. The third kappa shape index (κ3) is 2.83. The van der Waals surface area contributed by atoms with Gasteiger partial charge < -0.3 is 5.21 Å². The first-order valence-electron chi connectivity index (χ1n) is 5.68. The zero-order valence-corrected chi connectivity index (χ0v) is 10.1. The van der Waals surface area contributed by atoms with E-state index >= 15 is 0 Å². The maximum Gasteiger partial charge on any atom is 0.0858 e. The molecule has 0 bridgehead atoms. The lowest BCUT2D eigenvalue weighted by molar-refractivity contribution is 0.319. The Morgan fingerprint density at radius 3 is 2.39 bits per heavy atom. The van der Waals surface area contributed by atoms with Crippen LogP contribution >= 0.6 is 0 Å². The van der Waals surface area contributed by atoms with E-state index in [1.165, 1.54) is 0 Å². The molecule has 2 rings (SSSR count). The standard InChI is InChI=1S/C15H14N2O/c1-12(17-18)14-9-5-6-10-15(14)16-11-13-7-3-2-4-8-13/h2-11,18H,1H3/b16-11?,17-12+. The van der Waals surface area contributed by atoms with Crippen molar-refractivity contribution in [2.75, 3.05) is 0 Å². The van der Waals surface area contributed by atoms with Crippen LogP contribution in [0.15, 0.2) is 64.7 Å². The number of hydrogen-bond acceptors (Lipinski definition) is 3. The Morgan fingerprint density at radius 1 is 1.00 bits per heavy atom. The summed E-state index contributed by atoms with van der Waals surface area (Å²) in [5.41, 5.74) is 3.20. The van der Waals surface area contributed by atoms with E-state index < -0.39 is 0 Å². The van der Waals surface area contributed by atoms with Crippen LogP contribution in [-0.2, 0) is 0 Å². The van der Waals surface area contributed by atoms with E-state index in [2.05, 4.69) is 10.1 Å². The van der Waals surface area contributed by atoms with E-state index in [1.807, 2.05) is 54.6 Å². The van der Waals surface area contributed by atoms with Crippen molar-refractivity contribution in [3.05, 3.63) is 65.7 Å². The fourth-order valence-electron chi connectivity index (χ4n) is 1.63. The second-order valence-electron chi connectivity index (χ2n) is 3.87. The molecule has 3 heteroatoms. The Morgan fingerprint density at radius 2 is 1.67 bits per heavy atom. The largest absolute Gasteiger partial charge is 0.411 e. The van der Waals surface area contributed by atoms with Gasteiger partial charge >= 0.3 is 0 Å². The molecular formula is C15H14N2O. The molecule has 18 heavy (non-hydrogen) atoms. The molecular weight excluding hydrogens is 224 g/mol. The summed E-state index contributed by atoms with van der Waals surface area (Å²) in [6, 6.07) is 17.4. The van der Waals surface area contributed by atoms with Crippen LogP contribution < -0.4 is 0 Å². The maximum atomic E-state index is 8.83. The van der Waals surface area contributed by atoms with Gasteiger partial charge in [-0.15, -0.1) is 0 Å². The minimum Gasteiger partial charge on any atom is -0.411 e. The first-order chi connectivity index (χ1) is 8.81. The zero-order chi connectivity index (χ0) is 12.8. The first kappa shape index (κ1) is 12.0. The summed E-state index contributed by atoms with van der Waals surface area (Å²) in [5, 5.41) is 12.1. The smallest absolute Gasteiger partial charge is 0.0858 e. The summed E-state index contributed by atoms with van der Waals surface area (Å²) in [6.45, 7) is 1.75. The zero-order valence-electron chi connectivity index (χ0n) is 10.1. The lowest BCUT2D eigenvalue weighted by Gasteiger charge is -2.02. The number of para-hydroxylation sites is 1. The van der Waals surface area contributed by atoms with E-state index in [4.69, 9.17) is 5.21 Å². The van der Waals surface area contributed by atoms with Gasteiger partial charge in [-0.25, -0.2) is 0 Å². The number of benzene rings is 2. The van der Waals surface area contributed by atoms with Crippen molar-refractivity contribution in [3.63, 3.8) is 0 Å². The monoisotopic (exact) mass is 238 g/mol. The van der Waals surface area contributed by atoms with Gasteiger partial charge in [0.25, 0.3) is 0 Å². The van der Waals surface area contributed by atoms with Gasteiger partial charge in [0.1, 0.15) is 0 Å². The highest BCUT2D eigenvalue weighted by Gasteiger charge is 2.03. The average molecular weight is 238 g/mol. The van der Waals surface area contributed by atoms with Gasteiger partial charge in [-0.05, 0) is 18.6 Å². The molecule has 0 atom stereocenters. The van der Waals surface area contributed by atoms with Crippen LogP contribution in [0.5, 0.6) is 0 Å².